The van der Waals surface area contributed by atoms with Gasteiger partial charge in [0.25, 0.3) is 5.91 Å². The number of likely N-dealkylation sites (N-methyl/N-ethyl adjacent to an activating group) is 1. The van der Waals surface area contributed by atoms with Gasteiger partial charge in [-0.2, -0.15) is 0 Å². The molecule has 1 amide bonds. The van der Waals surface area contributed by atoms with Gasteiger partial charge in [-0.3, -0.25) is 9.69 Å². The number of piperazine rings is 1. The number of rotatable bonds is 6. The minimum Gasteiger partial charge on any atom is -0.484 e. The van der Waals surface area contributed by atoms with Crippen molar-refractivity contribution in [2.75, 3.05) is 40.1 Å². The van der Waals surface area contributed by atoms with Crippen LogP contribution < -0.4 is 14.2 Å². The van der Waals surface area contributed by atoms with Crippen molar-refractivity contribution in [3.8, 4) is 17.2 Å². The van der Waals surface area contributed by atoms with E-state index in [1.165, 1.54) is 6.26 Å². The number of amides is 1. The summed E-state index contributed by atoms with van der Waals surface area (Å²) in [4.78, 5) is 20.9. The molecule has 28 heavy (non-hydrogen) atoms. The molecular weight excluding hydrogens is 366 g/mol. The highest BCUT2D eigenvalue weighted by molar-refractivity contribution is 5.92. The first kappa shape index (κ1) is 18.6. The lowest BCUT2D eigenvalue weighted by Crippen LogP contribution is -2.53. The molecule has 1 atom stereocenters. The number of benzene rings is 1. The second kappa shape index (κ2) is 8.07. The minimum atomic E-state index is -0.172. The molecule has 2 aromatic rings. The molecule has 0 radical (unpaired) electrons. The van der Waals surface area contributed by atoms with E-state index in [0.717, 1.165) is 6.54 Å². The maximum absolute atomic E-state index is 12.7. The molecule has 1 fully saturated rings. The van der Waals surface area contributed by atoms with E-state index >= 15 is 0 Å². The lowest BCUT2D eigenvalue weighted by atomic mass is 10.1. The summed E-state index contributed by atoms with van der Waals surface area (Å²) in [6, 6.07) is 5.43. The predicted octanol–water partition coefficient (Wildman–Crippen LogP) is 1.12. The zero-order chi connectivity index (χ0) is 19.5. The first-order valence-electron chi connectivity index (χ1n) is 9.21. The fourth-order valence-electron chi connectivity index (χ4n) is 3.34. The maximum Gasteiger partial charge on any atom is 0.275 e. The summed E-state index contributed by atoms with van der Waals surface area (Å²) in [5.74, 6) is 2.06. The van der Waals surface area contributed by atoms with Crippen LogP contribution in [0, 0.1) is 0 Å². The predicted molar refractivity (Wildman–Crippen MR) is 97.4 cm³/mol. The number of ether oxygens (including phenoxy) is 3. The van der Waals surface area contributed by atoms with Gasteiger partial charge in [0, 0.05) is 38.3 Å². The van der Waals surface area contributed by atoms with Crippen molar-refractivity contribution in [3.63, 3.8) is 0 Å². The summed E-state index contributed by atoms with van der Waals surface area (Å²) in [6.07, 6.45) is 1.99. The summed E-state index contributed by atoms with van der Waals surface area (Å²) in [5.41, 5.74) is 0.261. The lowest BCUT2D eigenvalue weighted by molar-refractivity contribution is 0.0495. The smallest absolute Gasteiger partial charge is 0.275 e. The number of aromatic nitrogens is 1. The summed E-state index contributed by atoms with van der Waals surface area (Å²) in [6.45, 7) is 2.34. The SMILES string of the molecule is CN1CCN(C(=O)c2coc(COc3ccc4c(c3)OCO4)n2)CC1CCO. The zero-order valence-corrected chi connectivity index (χ0v) is 15.7. The van der Waals surface area contributed by atoms with Gasteiger partial charge in [0.1, 0.15) is 12.0 Å². The highest BCUT2D eigenvalue weighted by Gasteiger charge is 2.29. The van der Waals surface area contributed by atoms with Gasteiger partial charge in [0.15, 0.2) is 23.8 Å². The number of nitrogens with zero attached hydrogens (tertiary/aromatic N) is 3. The first-order chi connectivity index (χ1) is 13.6. The van der Waals surface area contributed by atoms with Crippen molar-refractivity contribution in [2.45, 2.75) is 19.1 Å². The third-order valence-corrected chi connectivity index (χ3v) is 5.00. The van der Waals surface area contributed by atoms with Crippen molar-refractivity contribution in [3.05, 3.63) is 36.0 Å². The summed E-state index contributed by atoms with van der Waals surface area (Å²) in [7, 11) is 2.00. The average Bonchev–Trinajstić information content (AvgIpc) is 3.36. The number of carbonyl (C=O) groups is 1. The van der Waals surface area contributed by atoms with Gasteiger partial charge in [0.2, 0.25) is 12.7 Å². The second-order valence-corrected chi connectivity index (χ2v) is 6.83. The van der Waals surface area contributed by atoms with E-state index in [-0.39, 0.29) is 37.6 Å². The van der Waals surface area contributed by atoms with Crippen molar-refractivity contribution in [2.24, 2.45) is 0 Å². The molecule has 1 saturated heterocycles. The molecule has 0 saturated carbocycles. The van der Waals surface area contributed by atoms with Crippen molar-refractivity contribution in [1.29, 1.82) is 0 Å². The Kier molecular flexibility index (Phi) is 5.36. The van der Waals surface area contributed by atoms with Crippen LogP contribution >= 0.6 is 0 Å². The molecule has 9 nitrogen and oxygen atoms in total. The fourth-order valence-corrected chi connectivity index (χ4v) is 3.34. The number of carbonyl (C=O) groups excluding carboxylic acids is 1. The molecule has 1 aromatic carbocycles. The molecule has 9 heteroatoms. The second-order valence-electron chi connectivity index (χ2n) is 6.83. The van der Waals surface area contributed by atoms with Gasteiger partial charge in [-0.1, -0.05) is 0 Å². The molecule has 0 aliphatic carbocycles. The zero-order valence-electron chi connectivity index (χ0n) is 15.7. The quantitative estimate of drug-likeness (QED) is 0.785. The Morgan fingerprint density at radius 2 is 2.18 bits per heavy atom. The number of hydrogen-bond acceptors (Lipinski definition) is 8. The van der Waals surface area contributed by atoms with Crippen LogP contribution in [-0.4, -0.2) is 71.9 Å². The summed E-state index contributed by atoms with van der Waals surface area (Å²) in [5, 5.41) is 9.20. The number of oxazole rings is 1. The topological polar surface area (TPSA) is 97.5 Å². The molecule has 3 heterocycles. The molecule has 0 bridgehead atoms. The van der Waals surface area contributed by atoms with Crippen LogP contribution in [0.4, 0.5) is 0 Å². The molecule has 2 aliphatic rings. The van der Waals surface area contributed by atoms with Crippen molar-refractivity contribution < 1.29 is 28.5 Å². The van der Waals surface area contributed by atoms with Crippen molar-refractivity contribution in [1.82, 2.24) is 14.8 Å². The van der Waals surface area contributed by atoms with Gasteiger partial charge in [-0.25, -0.2) is 4.98 Å². The Hall–Kier alpha value is -2.78. The van der Waals surface area contributed by atoms with Crippen LogP contribution in [0.2, 0.25) is 0 Å². The molecule has 1 aromatic heterocycles. The molecule has 0 spiro atoms. The van der Waals surface area contributed by atoms with Crippen LogP contribution in [0.25, 0.3) is 0 Å². The van der Waals surface area contributed by atoms with E-state index in [1.54, 1.807) is 23.1 Å². The van der Waals surface area contributed by atoms with Crippen LogP contribution in [-0.2, 0) is 6.61 Å². The molecule has 4 rings (SSSR count). The third kappa shape index (κ3) is 3.90. The normalized spacial score (nSPS) is 19.1. The van der Waals surface area contributed by atoms with E-state index in [9.17, 15) is 9.90 Å². The minimum absolute atomic E-state index is 0.0995. The molecule has 1 N–H and O–H groups in total. The van der Waals surface area contributed by atoms with Gasteiger partial charge in [-0.15, -0.1) is 0 Å². The highest BCUT2D eigenvalue weighted by atomic mass is 16.7. The Morgan fingerprint density at radius 3 is 3.04 bits per heavy atom. The molecule has 150 valence electrons. The van der Waals surface area contributed by atoms with Crippen LogP contribution in [0.5, 0.6) is 17.2 Å². The van der Waals surface area contributed by atoms with Crippen LogP contribution in [0.1, 0.15) is 22.8 Å². The Bertz CT molecular complexity index is 839. The number of aliphatic hydroxyl groups excluding tert-OH is 1. The monoisotopic (exact) mass is 389 g/mol. The number of fused-ring (bicyclic) bond motifs is 1. The number of aliphatic hydroxyl groups is 1. The average molecular weight is 389 g/mol. The maximum atomic E-state index is 12.7. The van der Waals surface area contributed by atoms with E-state index < -0.39 is 0 Å². The first-order valence-corrected chi connectivity index (χ1v) is 9.21. The standard InChI is InChI=1S/C19H23N3O6/c1-21-5-6-22(9-13(21)4-7-23)19(24)15-10-26-18(20-15)11-25-14-2-3-16-17(8-14)28-12-27-16/h2-3,8,10,13,23H,4-7,9,11-12H2,1H3. The Balaban J connectivity index is 1.35. The number of hydrogen-bond donors (Lipinski definition) is 1. The van der Waals surface area contributed by atoms with Gasteiger partial charge < -0.3 is 28.6 Å². The third-order valence-electron chi connectivity index (χ3n) is 5.00. The van der Waals surface area contributed by atoms with E-state index in [2.05, 4.69) is 9.88 Å². The molecule has 2 aliphatic heterocycles. The van der Waals surface area contributed by atoms with E-state index in [4.69, 9.17) is 18.6 Å². The molecule has 1 unspecified atom stereocenters. The summed E-state index contributed by atoms with van der Waals surface area (Å²) < 4.78 is 21.6. The van der Waals surface area contributed by atoms with Gasteiger partial charge >= 0.3 is 0 Å². The highest BCUT2D eigenvalue weighted by Crippen LogP contribution is 2.35. The molecular formula is C19H23N3O6. The Morgan fingerprint density at radius 1 is 1.32 bits per heavy atom. The van der Waals surface area contributed by atoms with Crippen LogP contribution in [0.3, 0.4) is 0 Å². The summed E-state index contributed by atoms with van der Waals surface area (Å²) >= 11 is 0. The Labute approximate surface area is 162 Å². The van der Waals surface area contributed by atoms with Crippen molar-refractivity contribution >= 4 is 5.91 Å². The van der Waals surface area contributed by atoms with Gasteiger partial charge in [0.05, 0.1) is 0 Å². The lowest BCUT2D eigenvalue weighted by Gasteiger charge is -2.39. The fraction of sp³-hybridized carbons (Fsp3) is 0.474. The van der Waals surface area contributed by atoms with E-state index in [0.29, 0.717) is 42.6 Å². The van der Waals surface area contributed by atoms with E-state index in [1.807, 2.05) is 7.05 Å². The van der Waals surface area contributed by atoms with Crippen LogP contribution in [0.15, 0.2) is 28.9 Å². The largest absolute Gasteiger partial charge is 0.484 e. The van der Waals surface area contributed by atoms with Gasteiger partial charge in [-0.05, 0) is 25.6 Å².